The van der Waals surface area contributed by atoms with Crippen molar-refractivity contribution in [2.75, 3.05) is 0 Å². The van der Waals surface area contributed by atoms with Crippen LogP contribution in [0.5, 0.6) is 0 Å². The van der Waals surface area contributed by atoms with E-state index in [4.69, 9.17) is 0 Å². The average molecular weight is 384 g/mol. The number of Topliss-reactive ketones (excluding diaryl/α,β-unsaturated/α-hetero) is 1. The minimum absolute atomic E-state index is 0.0228. The molecular formula is C22H22F2N2O2. The minimum Gasteiger partial charge on any atom is -0.298 e. The van der Waals surface area contributed by atoms with Gasteiger partial charge in [0.2, 0.25) is 0 Å². The van der Waals surface area contributed by atoms with Crippen molar-refractivity contribution >= 4 is 5.78 Å². The first kappa shape index (κ1) is 18.7. The molecule has 0 radical (unpaired) electrons. The number of halogens is 2. The first-order chi connectivity index (χ1) is 13.3. The molecule has 2 unspecified atom stereocenters. The molecular weight excluding hydrogens is 362 g/mol. The summed E-state index contributed by atoms with van der Waals surface area (Å²) in [7, 11) is 0. The predicted octanol–water partition coefficient (Wildman–Crippen LogP) is 5.51. The molecule has 1 aliphatic carbocycles. The van der Waals surface area contributed by atoms with Crippen LogP contribution >= 0.6 is 0 Å². The third-order valence-corrected chi connectivity index (χ3v) is 6.59. The molecule has 2 aromatic carbocycles. The number of carbonyl (C=O) groups is 1. The lowest BCUT2D eigenvalue weighted by Gasteiger charge is -2.59. The zero-order valence-corrected chi connectivity index (χ0v) is 15.9. The highest BCUT2D eigenvalue weighted by molar-refractivity contribution is 5.93. The van der Waals surface area contributed by atoms with Crippen molar-refractivity contribution in [1.29, 1.82) is 0 Å². The molecule has 4 atom stereocenters. The molecule has 1 heterocycles. The third kappa shape index (κ3) is 2.58. The second-order valence-electron chi connectivity index (χ2n) is 8.39. The third-order valence-electron chi connectivity index (χ3n) is 6.59. The standard InChI is InChI=1S/C22H22F2N2O2/c1-21-10-5-11-22(2,20(21)27)19(15-7-4-9-17(24)13-15)26(25-28)18(21)14-6-3-8-16(23)12-14/h3-4,6-9,12-13,18-19H,5,10-11H2,1-2H3/t18?,19?,21-,22+. The summed E-state index contributed by atoms with van der Waals surface area (Å²) >= 11 is 0. The van der Waals surface area contributed by atoms with Gasteiger partial charge in [0.05, 0.1) is 28.2 Å². The van der Waals surface area contributed by atoms with Crippen LogP contribution in [-0.2, 0) is 4.79 Å². The molecule has 0 amide bonds. The summed E-state index contributed by atoms with van der Waals surface area (Å²) in [4.78, 5) is 25.8. The van der Waals surface area contributed by atoms with E-state index in [1.54, 1.807) is 24.3 Å². The van der Waals surface area contributed by atoms with E-state index in [1.165, 1.54) is 29.3 Å². The number of carbonyl (C=O) groups excluding carboxylic acids is 1. The normalized spacial score (nSPS) is 32.3. The first-order valence-electron chi connectivity index (χ1n) is 9.49. The van der Waals surface area contributed by atoms with Gasteiger partial charge in [0.15, 0.2) is 0 Å². The van der Waals surface area contributed by atoms with Crippen molar-refractivity contribution in [2.45, 2.75) is 45.2 Å². The molecule has 0 aromatic heterocycles. The van der Waals surface area contributed by atoms with E-state index < -0.39 is 34.5 Å². The van der Waals surface area contributed by atoms with Gasteiger partial charge < -0.3 is 0 Å². The highest BCUT2D eigenvalue weighted by atomic mass is 19.1. The molecule has 2 aliphatic rings. The van der Waals surface area contributed by atoms with Gasteiger partial charge in [-0.3, -0.25) is 4.79 Å². The van der Waals surface area contributed by atoms with Gasteiger partial charge in [0, 0.05) is 0 Å². The van der Waals surface area contributed by atoms with Gasteiger partial charge in [0.1, 0.15) is 17.4 Å². The molecule has 0 spiro atoms. The number of ketones is 1. The Balaban J connectivity index is 1.96. The predicted molar refractivity (Wildman–Crippen MR) is 101 cm³/mol. The van der Waals surface area contributed by atoms with Gasteiger partial charge in [-0.2, -0.15) is 0 Å². The zero-order chi connectivity index (χ0) is 20.1. The van der Waals surface area contributed by atoms with Crippen LogP contribution in [0.25, 0.3) is 0 Å². The van der Waals surface area contributed by atoms with Gasteiger partial charge >= 0.3 is 0 Å². The average Bonchev–Trinajstić information content (AvgIpc) is 2.64. The number of fused-ring (bicyclic) bond motifs is 2. The van der Waals surface area contributed by atoms with Gasteiger partial charge in [-0.25, -0.2) is 13.8 Å². The van der Waals surface area contributed by atoms with Crippen molar-refractivity contribution < 1.29 is 13.6 Å². The minimum atomic E-state index is -0.876. The van der Waals surface area contributed by atoms with Crippen LogP contribution in [0.2, 0.25) is 0 Å². The Morgan fingerprint density at radius 3 is 1.79 bits per heavy atom. The summed E-state index contributed by atoms with van der Waals surface area (Å²) in [5, 5.41) is 4.68. The van der Waals surface area contributed by atoms with Crippen LogP contribution in [0.15, 0.2) is 53.8 Å². The topological polar surface area (TPSA) is 49.7 Å². The van der Waals surface area contributed by atoms with E-state index in [1.807, 2.05) is 13.8 Å². The number of nitrogens with zero attached hydrogens (tertiary/aromatic N) is 2. The Morgan fingerprint density at radius 2 is 1.39 bits per heavy atom. The van der Waals surface area contributed by atoms with Crippen molar-refractivity contribution in [2.24, 2.45) is 16.1 Å². The summed E-state index contributed by atoms with van der Waals surface area (Å²) < 4.78 is 28.0. The Bertz CT molecular complexity index is 880. The fraction of sp³-hybridized carbons (Fsp3) is 0.409. The van der Waals surface area contributed by atoms with Gasteiger partial charge in [-0.15, -0.1) is 4.91 Å². The summed E-state index contributed by atoms with van der Waals surface area (Å²) in [6.07, 6.45) is 1.97. The molecule has 28 heavy (non-hydrogen) atoms. The summed E-state index contributed by atoms with van der Waals surface area (Å²) in [6, 6.07) is 10.5. The second kappa shape index (κ2) is 6.47. The van der Waals surface area contributed by atoms with Gasteiger partial charge in [0.25, 0.3) is 0 Å². The molecule has 6 heteroatoms. The van der Waals surface area contributed by atoms with Gasteiger partial charge in [-0.1, -0.05) is 44.5 Å². The van der Waals surface area contributed by atoms with Crippen molar-refractivity contribution in [3.63, 3.8) is 0 Å². The van der Waals surface area contributed by atoms with Crippen LogP contribution in [-0.4, -0.2) is 10.8 Å². The van der Waals surface area contributed by atoms with Crippen LogP contribution in [0, 0.1) is 27.4 Å². The smallest absolute Gasteiger partial charge is 0.149 e. The molecule has 0 N–H and O–H groups in total. The summed E-state index contributed by atoms with van der Waals surface area (Å²) in [5.74, 6) is -0.855. The van der Waals surface area contributed by atoms with E-state index in [2.05, 4.69) is 5.29 Å². The number of hydrogen-bond donors (Lipinski definition) is 0. The number of piperidine rings is 1. The molecule has 1 aliphatic heterocycles. The Morgan fingerprint density at radius 1 is 0.929 bits per heavy atom. The number of rotatable bonds is 3. The lowest BCUT2D eigenvalue weighted by Crippen LogP contribution is -2.61. The molecule has 4 rings (SSSR count). The quantitative estimate of drug-likeness (QED) is 0.656. The van der Waals surface area contributed by atoms with Crippen LogP contribution in [0.3, 0.4) is 0 Å². The zero-order valence-electron chi connectivity index (χ0n) is 15.9. The molecule has 2 bridgehead atoms. The second-order valence-corrected chi connectivity index (χ2v) is 8.39. The van der Waals surface area contributed by atoms with Crippen LogP contribution in [0.1, 0.15) is 56.3 Å². The first-order valence-corrected chi connectivity index (χ1v) is 9.49. The molecule has 4 nitrogen and oxygen atoms in total. The lowest BCUT2D eigenvalue weighted by atomic mass is 9.52. The SMILES string of the molecule is C[C@]12CCC[C@](C)(C1=O)C(c1cccc(F)c1)N(N=O)C2c1cccc(F)c1. The summed E-state index contributed by atoms with van der Waals surface area (Å²) in [5.41, 5.74) is -0.696. The maximum absolute atomic E-state index is 14.0. The van der Waals surface area contributed by atoms with Gasteiger partial charge in [-0.05, 0) is 48.2 Å². The van der Waals surface area contributed by atoms with Crippen molar-refractivity contribution in [3.8, 4) is 0 Å². The maximum Gasteiger partial charge on any atom is 0.149 e. The fourth-order valence-corrected chi connectivity index (χ4v) is 5.45. The monoisotopic (exact) mass is 384 g/mol. The highest BCUT2D eigenvalue weighted by Gasteiger charge is 2.64. The van der Waals surface area contributed by atoms with E-state index >= 15 is 0 Å². The molecule has 1 saturated heterocycles. The number of benzene rings is 2. The molecule has 146 valence electrons. The maximum atomic E-state index is 14.0. The number of hydrogen-bond acceptors (Lipinski definition) is 3. The van der Waals surface area contributed by atoms with Crippen LogP contribution in [0.4, 0.5) is 8.78 Å². The Hall–Kier alpha value is -2.63. The molecule has 2 fully saturated rings. The number of nitroso groups, excluding NO2 is 1. The Kier molecular flexibility index (Phi) is 4.32. The van der Waals surface area contributed by atoms with E-state index in [-0.39, 0.29) is 5.78 Å². The molecule has 2 aromatic rings. The van der Waals surface area contributed by atoms with Crippen molar-refractivity contribution in [1.82, 2.24) is 5.01 Å². The summed E-state index contributed by atoms with van der Waals surface area (Å²) in [6.45, 7) is 3.67. The Labute approximate surface area is 162 Å². The highest BCUT2D eigenvalue weighted by Crippen LogP contribution is 2.63. The van der Waals surface area contributed by atoms with Crippen molar-refractivity contribution in [3.05, 3.63) is 76.2 Å². The molecule has 1 saturated carbocycles. The van der Waals surface area contributed by atoms with E-state index in [0.29, 0.717) is 24.0 Å². The lowest BCUT2D eigenvalue weighted by molar-refractivity contribution is -0.171. The largest absolute Gasteiger partial charge is 0.298 e. The fourth-order valence-electron chi connectivity index (χ4n) is 5.45. The van der Waals surface area contributed by atoms with Crippen LogP contribution < -0.4 is 0 Å². The van der Waals surface area contributed by atoms with E-state index in [0.717, 1.165) is 6.42 Å². The van der Waals surface area contributed by atoms with E-state index in [9.17, 15) is 18.5 Å².